The van der Waals surface area contributed by atoms with Crippen LogP contribution in [0.25, 0.3) is 0 Å². The van der Waals surface area contributed by atoms with Gasteiger partial charge < -0.3 is 14.6 Å². The van der Waals surface area contributed by atoms with Gasteiger partial charge in [0.2, 0.25) is 0 Å². The molecule has 1 atom stereocenters. The zero-order valence-corrected chi connectivity index (χ0v) is 10.2. The third-order valence-corrected chi connectivity index (χ3v) is 2.42. The number of benzene rings is 2. The fourth-order valence-corrected chi connectivity index (χ4v) is 1.45. The van der Waals surface area contributed by atoms with E-state index in [4.69, 9.17) is 9.47 Å². The monoisotopic (exact) mass is 244 g/mol. The van der Waals surface area contributed by atoms with Crippen molar-refractivity contribution in [2.45, 2.75) is 19.6 Å². The van der Waals surface area contributed by atoms with E-state index in [2.05, 4.69) is 0 Å². The van der Waals surface area contributed by atoms with Crippen LogP contribution in [0.1, 0.15) is 13.3 Å². The molecule has 2 aromatic carbocycles. The minimum absolute atomic E-state index is 0.558. The lowest BCUT2D eigenvalue weighted by molar-refractivity contribution is -0.0191. The second-order valence-electron chi connectivity index (χ2n) is 3.87. The minimum atomic E-state index is -0.758. The second kappa shape index (κ2) is 6.07. The van der Waals surface area contributed by atoms with Crippen LogP contribution in [-0.4, -0.2) is 11.4 Å². The first-order valence-corrected chi connectivity index (χ1v) is 5.95. The Hall–Kier alpha value is -2.00. The summed E-state index contributed by atoms with van der Waals surface area (Å²) in [4.78, 5) is 0. The van der Waals surface area contributed by atoms with Gasteiger partial charge in [-0.2, -0.15) is 0 Å². The molecule has 2 aromatic rings. The first kappa shape index (κ1) is 12.5. The number of aliphatic hydroxyl groups excluding tert-OH is 1. The summed E-state index contributed by atoms with van der Waals surface area (Å²) >= 11 is 0. The van der Waals surface area contributed by atoms with Crippen molar-refractivity contribution >= 4 is 0 Å². The van der Waals surface area contributed by atoms with Gasteiger partial charge in [0, 0.05) is 6.42 Å². The van der Waals surface area contributed by atoms with Crippen molar-refractivity contribution < 1.29 is 14.6 Å². The maximum atomic E-state index is 9.36. The molecule has 0 aliphatic carbocycles. The highest BCUT2D eigenvalue weighted by molar-refractivity contribution is 5.35. The van der Waals surface area contributed by atoms with E-state index in [1.54, 1.807) is 12.1 Å². The average Bonchev–Trinajstić information content (AvgIpc) is 2.42. The quantitative estimate of drug-likeness (QED) is 0.817. The Kier molecular flexibility index (Phi) is 4.20. The summed E-state index contributed by atoms with van der Waals surface area (Å²) in [6.45, 7) is 1.86. The van der Waals surface area contributed by atoms with Gasteiger partial charge in [-0.3, -0.25) is 0 Å². The molecule has 1 N–H and O–H groups in total. The molecule has 0 saturated heterocycles. The van der Waals surface area contributed by atoms with Crippen molar-refractivity contribution in [1.82, 2.24) is 0 Å². The molecule has 0 heterocycles. The summed E-state index contributed by atoms with van der Waals surface area (Å²) in [6.07, 6.45) is -0.201. The Bertz CT molecular complexity index is 465. The van der Waals surface area contributed by atoms with Gasteiger partial charge in [-0.1, -0.05) is 25.1 Å². The van der Waals surface area contributed by atoms with Gasteiger partial charge in [-0.25, -0.2) is 0 Å². The van der Waals surface area contributed by atoms with E-state index >= 15 is 0 Å². The maximum Gasteiger partial charge on any atom is 0.197 e. The Labute approximate surface area is 107 Å². The van der Waals surface area contributed by atoms with E-state index in [1.165, 1.54) is 0 Å². The van der Waals surface area contributed by atoms with Crippen molar-refractivity contribution in [3.05, 3.63) is 54.6 Å². The average molecular weight is 244 g/mol. The Balaban J connectivity index is 2.00. The number of rotatable bonds is 5. The molecule has 0 bridgehead atoms. The van der Waals surface area contributed by atoms with Crippen molar-refractivity contribution in [1.29, 1.82) is 0 Å². The van der Waals surface area contributed by atoms with Crippen LogP contribution in [0.3, 0.4) is 0 Å². The van der Waals surface area contributed by atoms with Crippen molar-refractivity contribution in [2.24, 2.45) is 0 Å². The van der Waals surface area contributed by atoms with Crippen molar-refractivity contribution in [2.75, 3.05) is 0 Å². The molecule has 2 rings (SSSR count). The lowest BCUT2D eigenvalue weighted by atomic mass is 10.3. The van der Waals surface area contributed by atoms with Crippen LogP contribution in [0, 0.1) is 0 Å². The van der Waals surface area contributed by atoms with E-state index in [0.717, 1.165) is 11.5 Å². The molecule has 0 aliphatic rings. The Morgan fingerprint density at radius 1 is 0.889 bits per heavy atom. The van der Waals surface area contributed by atoms with Gasteiger partial charge in [0.25, 0.3) is 0 Å². The van der Waals surface area contributed by atoms with Gasteiger partial charge in [-0.05, 0) is 36.4 Å². The molecular weight excluding hydrogens is 228 g/mol. The topological polar surface area (TPSA) is 38.7 Å². The zero-order valence-electron chi connectivity index (χ0n) is 10.2. The van der Waals surface area contributed by atoms with Crippen LogP contribution >= 0.6 is 0 Å². The van der Waals surface area contributed by atoms with E-state index in [-0.39, 0.29) is 0 Å². The fourth-order valence-electron chi connectivity index (χ4n) is 1.45. The maximum absolute atomic E-state index is 9.36. The van der Waals surface area contributed by atoms with Crippen LogP contribution in [0.2, 0.25) is 0 Å². The van der Waals surface area contributed by atoms with Crippen LogP contribution in [0.15, 0.2) is 54.6 Å². The van der Waals surface area contributed by atoms with E-state index in [0.29, 0.717) is 12.2 Å². The predicted octanol–water partition coefficient (Wildman–Crippen LogP) is 3.59. The number of para-hydroxylation sites is 1. The molecule has 0 radical (unpaired) electrons. The normalized spacial score (nSPS) is 11.9. The molecule has 18 heavy (non-hydrogen) atoms. The highest BCUT2D eigenvalue weighted by atomic mass is 16.6. The van der Waals surface area contributed by atoms with Crippen LogP contribution < -0.4 is 9.47 Å². The van der Waals surface area contributed by atoms with Gasteiger partial charge in [0.15, 0.2) is 6.29 Å². The SMILES string of the molecule is CC[C@@H](O)Oc1ccc(Oc2ccccc2)cc1. The molecule has 0 unspecified atom stereocenters. The van der Waals surface area contributed by atoms with Gasteiger partial charge >= 0.3 is 0 Å². The molecule has 94 valence electrons. The standard InChI is InChI=1S/C15H16O3/c1-2-15(16)18-14-10-8-13(9-11-14)17-12-6-4-3-5-7-12/h3-11,15-16H,2H2,1H3/t15-/m0/s1. The lowest BCUT2D eigenvalue weighted by Crippen LogP contribution is -2.13. The largest absolute Gasteiger partial charge is 0.465 e. The minimum Gasteiger partial charge on any atom is -0.465 e. The summed E-state index contributed by atoms with van der Waals surface area (Å²) in [7, 11) is 0. The van der Waals surface area contributed by atoms with Crippen LogP contribution in [0.4, 0.5) is 0 Å². The molecule has 0 aromatic heterocycles. The number of hydrogen-bond acceptors (Lipinski definition) is 3. The molecule has 0 saturated carbocycles. The first-order valence-electron chi connectivity index (χ1n) is 5.95. The molecule has 3 nitrogen and oxygen atoms in total. The van der Waals surface area contributed by atoms with Gasteiger partial charge in [0.05, 0.1) is 0 Å². The van der Waals surface area contributed by atoms with E-state index in [1.807, 2.05) is 49.4 Å². The Morgan fingerprint density at radius 2 is 1.44 bits per heavy atom. The summed E-state index contributed by atoms with van der Waals surface area (Å²) in [5.74, 6) is 2.16. The zero-order chi connectivity index (χ0) is 12.8. The molecule has 0 aliphatic heterocycles. The third-order valence-electron chi connectivity index (χ3n) is 2.42. The van der Waals surface area contributed by atoms with Gasteiger partial charge in [0.1, 0.15) is 17.2 Å². The molecule has 0 fully saturated rings. The van der Waals surface area contributed by atoms with Crippen LogP contribution in [-0.2, 0) is 0 Å². The molecule has 0 amide bonds. The van der Waals surface area contributed by atoms with Crippen molar-refractivity contribution in [3.8, 4) is 17.2 Å². The van der Waals surface area contributed by atoms with Gasteiger partial charge in [-0.15, -0.1) is 0 Å². The molecular formula is C15H16O3. The predicted molar refractivity (Wildman–Crippen MR) is 69.9 cm³/mol. The first-order chi connectivity index (χ1) is 8.78. The summed E-state index contributed by atoms with van der Waals surface area (Å²) in [5.41, 5.74) is 0. The second-order valence-corrected chi connectivity index (χ2v) is 3.87. The summed E-state index contributed by atoms with van der Waals surface area (Å²) < 4.78 is 10.9. The third kappa shape index (κ3) is 3.50. The summed E-state index contributed by atoms with van der Waals surface area (Å²) in [6, 6.07) is 16.7. The van der Waals surface area contributed by atoms with Crippen LogP contribution in [0.5, 0.6) is 17.2 Å². The van der Waals surface area contributed by atoms with E-state index in [9.17, 15) is 5.11 Å². The lowest BCUT2D eigenvalue weighted by Gasteiger charge is -2.11. The summed E-state index contributed by atoms with van der Waals surface area (Å²) in [5, 5.41) is 9.36. The highest BCUT2D eigenvalue weighted by Gasteiger charge is 2.03. The fraction of sp³-hybridized carbons (Fsp3) is 0.200. The van der Waals surface area contributed by atoms with Crippen molar-refractivity contribution in [3.63, 3.8) is 0 Å². The number of aliphatic hydroxyl groups is 1. The molecule has 3 heteroatoms. The highest BCUT2D eigenvalue weighted by Crippen LogP contribution is 2.23. The number of hydrogen-bond donors (Lipinski definition) is 1. The van der Waals surface area contributed by atoms with E-state index < -0.39 is 6.29 Å². The Morgan fingerprint density at radius 3 is 2.06 bits per heavy atom. The molecule has 0 spiro atoms. The number of ether oxygens (including phenoxy) is 2. The smallest absolute Gasteiger partial charge is 0.197 e.